The number of benzene rings is 1. The zero-order valence-electron chi connectivity index (χ0n) is 13.9. The zero-order chi connectivity index (χ0) is 17.7. The van der Waals surface area contributed by atoms with Crippen molar-refractivity contribution < 1.29 is 19.4 Å². The van der Waals surface area contributed by atoms with Gasteiger partial charge in [0.1, 0.15) is 17.5 Å². The summed E-state index contributed by atoms with van der Waals surface area (Å²) in [6, 6.07) is 7.92. The molecule has 1 heterocycles. The fourth-order valence-corrected chi connectivity index (χ4v) is 2.28. The molecule has 0 aliphatic carbocycles. The van der Waals surface area contributed by atoms with Crippen molar-refractivity contribution in [2.45, 2.75) is 26.3 Å². The molecule has 24 heavy (non-hydrogen) atoms. The van der Waals surface area contributed by atoms with Crippen molar-refractivity contribution in [3.63, 3.8) is 0 Å². The van der Waals surface area contributed by atoms with E-state index in [0.717, 1.165) is 11.3 Å². The topological polar surface area (TPSA) is 104 Å². The molecule has 0 aliphatic heterocycles. The number of hydrogen-bond donors (Lipinski definition) is 3. The Balaban J connectivity index is 2.10. The maximum atomic E-state index is 12.2. The van der Waals surface area contributed by atoms with Crippen LogP contribution in [0, 0.1) is 5.92 Å². The normalized spacial score (nSPS) is 12.0. The van der Waals surface area contributed by atoms with Crippen LogP contribution in [0.1, 0.15) is 30.8 Å². The molecule has 7 nitrogen and oxygen atoms in total. The summed E-state index contributed by atoms with van der Waals surface area (Å²) >= 11 is 0. The summed E-state index contributed by atoms with van der Waals surface area (Å²) in [7, 11) is 1.59. The lowest BCUT2D eigenvalue weighted by molar-refractivity contribution is -0.139. The highest BCUT2D eigenvalue weighted by Crippen LogP contribution is 2.21. The number of H-pyrrole nitrogens is 1. The molecule has 0 aliphatic rings. The van der Waals surface area contributed by atoms with Crippen molar-refractivity contribution in [2.75, 3.05) is 7.11 Å². The Labute approximate surface area is 140 Å². The summed E-state index contributed by atoms with van der Waals surface area (Å²) in [5.41, 5.74) is 1.64. The van der Waals surface area contributed by atoms with Crippen LogP contribution < -0.4 is 10.1 Å². The van der Waals surface area contributed by atoms with Gasteiger partial charge >= 0.3 is 5.97 Å². The van der Waals surface area contributed by atoms with E-state index in [1.54, 1.807) is 25.3 Å². The highest BCUT2D eigenvalue weighted by Gasteiger charge is 2.22. The molecule has 0 radical (unpaired) electrons. The number of nitrogens with zero attached hydrogens (tertiary/aromatic N) is 1. The summed E-state index contributed by atoms with van der Waals surface area (Å²) in [4.78, 5) is 23.5. The van der Waals surface area contributed by atoms with Crippen LogP contribution in [0.15, 0.2) is 30.3 Å². The molecule has 1 amide bonds. The molecule has 0 spiro atoms. The summed E-state index contributed by atoms with van der Waals surface area (Å²) < 4.78 is 5.10. The number of carboxylic acids is 1. The van der Waals surface area contributed by atoms with Crippen molar-refractivity contribution in [1.29, 1.82) is 0 Å². The first-order valence-electron chi connectivity index (χ1n) is 7.64. The zero-order valence-corrected chi connectivity index (χ0v) is 13.9. The van der Waals surface area contributed by atoms with Gasteiger partial charge in [-0.25, -0.2) is 4.79 Å². The van der Waals surface area contributed by atoms with Crippen LogP contribution in [0.3, 0.4) is 0 Å². The molecular weight excluding hydrogens is 310 g/mol. The molecule has 0 saturated carbocycles. The Morgan fingerprint density at radius 3 is 2.50 bits per heavy atom. The van der Waals surface area contributed by atoms with Crippen LogP contribution in [-0.4, -0.2) is 40.3 Å². The third-order valence-electron chi connectivity index (χ3n) is 3.52. The highest BCUT2D eigenvalue weighted by molar-refractivity contribution is 5.95. The Morgan fingerprint density at radius 2 is 1.96 bits per heavy atom. The van der Waals surface area contributed by atoms with E-state index in [9.17, 15) is 14.7 Å². The monoisotopic (exact) mass is 331 g/mol. The summed E-state index contributed by atoms with van der Waals surface area (Å²) in [5, 5.41) is 18.5. The van der Waals surface area contributed by atoms with Gasteiger partial charge in [-0.05, 0) is 42.7 Å². The molecule has 2 aromatic rings. The third kappa shape index (κ3) is 4.34. The summed E-state index contributed by atoms with van der Waals surface area (Å²) in [5.74, 6) is -0.657. The van der Waals surface area contributed by atoms with Crippen LogP contribution in [0.5, 0.6) is 5.75 Å². The maximum Gasteiger partial charge on any atom is 0.326 e. The smallest absolute Gasteiger partial charge is 0.326 e. The number of amides is 1. The van der Waals surface area contributed by atoms with Crippen LogP contribution in [0.25, 0.3) is 11.3 Å². The van der Waals surface area contributed by atoms with E-state index in [4.69, 9.17) is 4.74 Å². The van der Waals surface area contributed by atoms with Gasteiger partial charge in [0.15, 0.2) is 0 Å². The Morgan fingerprint density at radius 1 is 1.29 bits per heavy atom. The molecule has 2 rings (SSSR count). The van der Waals surface area contributed by atoms with Gasteiger partial charge in [-0.15, -0.1) is 0 Å². The lowest BCUT2D eigenvalue weighted by atomic mass is 10.0. The predicted octanol–water partition coefficient (Wildman–Crippen LogP) is 2.31. The molecule has 128 valence electrons. The quantitative estimate of drug-likeness (QED) is 0.722. The number of carboxylic acid groups (broad SMARTS) is 1. The van der Waals surface area contributed by atoms with Gasteiger partial charge in [0.05, 0.1) is 12.8 Å². The number of ether oxygens (including phenoxy) is 1. The van der Waals surface area contributed by atoms with Crippen molar-refractivity contribution in [3.05, 3.63) is 36.0 Å². The number of nitrogens with one attached hydrogen (secondary N) is 2. The number of rotatable bonds is 7. The van der Waals surface area contributed by atoms with Gasteiger partial charge in [-0.1, -0.05) is 13.8 Å². The number of aliphatic carboxylic acids is 1. The van der Waals surface area contributed by atoms with E-state index in [1.807, 2.05) is 26.0 Å². The Kier molecular flexibility index (Phi) is 5.57. The highest BCUT2D eigenvalue weighted by atomic mass is 16.5. The molecule has 0 fully saturated rings. The predicted molar refractivity (Wildman–Crippen MR) is 88.9 cm³/mol. The second-order valence-electron chi connectivity index (χ2n) is 5.89. The summed E-state index contributed by atoms with van der Waals surface area (Å²) in [6.45, 7) is 3.81. The minimum Gasteiger partial charge on any atom is -0.497 e. The average molecular weight is 331 g/mol. The van der Waals surface area contributed by atoms with E-state index in [1.165, 1.54) is 0 Å². The molecule has 7 heteroatoms. The van der Waals surface area contributed by atoms with E-state index in [2.05, 4.69) is 15.5 Å². The van der Waals surface area contributed by atoms with Crippen molar-refractivity contribution in [1.82, 2.24) is 15.5 Å². The first kappa shape index (κ1) is 17.5. The van der Waals surface area contributed by atoms with Gasteiger partial charge in [0.25, 0.3) is 5.91 Å². The Hall–Kier alpha value is -2.83. The number of carbonyl (C=O) groups excluding carboxylic acids is 1. The fourth-order valence-electron chi connectivity index (χ4n) is 2.28. The number of aromatic amines is 1. The number of methoxy groups -OCH3 is 1. The second kappa shape index (κ2) is 7.63. The molecule has 1 aromatic heterocycles. The molecule has 3 N–H and O–H groups in total. The molecule has 0 saturated heterocycles. The molecule has 1 atom stereocenters. The third-order valence-corrected chi connectivity index (χ3v) is 3.52. The van der Waals surface area contributed by atoms with Crippen molar-refractivity contribution in [3.8, 4) is 17.0 Å². The maximum absolute atomic E-state index is 12.2. The van der Waals surface area contributed by atoms with Crippen LogP contribution >= 0.6 is 0 Å². The van der Waals surface area contributed by atoms with E-state index in [-0.39, 0.29) is 11.6 Å². The number of carbonyl (C=O) groups is 2. The van der Waals surface area contributed by atoms with Crippen molar-refractivity contribution >= 4 is 11.9 Å². The molecular formula is C17H21N3O4. The Bertz CT molecular complexity index is 707. The van der Waals surface area contributed by atoms with Crippen molar-refractivity contribution in [2.24, 2.45) is 5.92 Å². The number of aromatic nitrogens is 2. The van der Waals surface area contributed by atoms with Gasteiger partial charge in [0.2, 0.25) is 0 Å². The SMILES string of the molecule is COc1ccc(-c2cc(C(=O)NC(CC(C)C)C(=O)O)[nH]n2)cc1. The van der Waals surface area contributed by atoms with Crippen LogP contribution in [0.2, 0.25) is 0 Å². The lowest BCUT2D eigenvalue weighted by Crippen LogP contribution is -2.41. The van der Waals surface area contributed by atoms with E-state index < -0.39 is 17.9 Å². The van der Waals surface area contributed by atoms with E-state index >= 15 is 0 Å². The summed E-state index contributed by atoms with van der Waals surface area (Å²) in [6.07, 6.45) is 0.362. The van der Waals surface area contributed by atoms with E-state index in [0.29, 0.717) is 12.1 Å². The first-order chi connectivity index (χ1) is 11.4. The van der Waals surface area contributed by atoms with Gasteiger partial charge in [-0.2, -0.15) is 5.10 Å². The minimum atomic E-state index is -1.05. The van der Waals surface area contributed by atoms with Gasteiger partial charge in [-0.3, -0.25) is 9.89 Å². The van der Waals surface area contributed by atoms with Gasteiger partial charge < -0.3 is 15.2 Å². The van der Waals surface area contributed by atoms with Crippen LogP contribution in [-0.2, 0) is 4.79 Å². The first-order valence-corrected chi connectivity index (χ1v) is 7.64. The lowest BCUT2D eigenvalue weighted by Gasteiger charge is -2.15. The molecule has 0 bridgehead atoms. The largest absolute Gasteiger partial charge is 0.497 e. The van der Waals surface area contributed by atoms with Crippen LogP contribution in [0.4, 0.5) is 0 Å². The molecule has 1 aromatic carbocycles. The average Bonchev–Trinajstić information content (AvgIpc) is 3.04. The molecule has 1 unspecified atom stereocenters. The second-order valence-corrected chi connectivity index (χ2v) is 5.89. The fraction of sp³-hybridized carbons (Fsp3) is 0.353. The standard InChI is InChI=1S/C17H21N3O4/c1-10(2)8-15(17(22)23)18-16(21)14-9-13(19-20-14)11-4-6-12(24-3)7-5-11/h4-7,9-10,15H,8H2,1-3H3,(H,18,21)(H,19,20)(H,22,23). The number of hydrogen-bond acceptors (Lipinski definition) is 4. The van der Waals surface area contributed by atoms with Gasteiger partial charge in [0, 0.05) is 5.56 Å². The minimum absolute atomic E-state index is 0.156.